The number of unbranched alkanes of at least 4 members (excludes halogenated alkanes) is 1. The van der Waals surface area contributed by atoms with E-state index in [1.54, 1.807) is 11.5 Å². The Morgan fingerprint density at radius 3 is 2.95 bits per heavy atom. The third-order valence-electron chi connectivity index (χ3n) is 3.32. The molecule has 1 aromatic rings. The van der Waals surface area contributed by atoms with E-state index in [0.717, 1.165) is 16.9 Å². The Balaban J connectivity index is 2.14. The van der Waals surface area contributed by atoms with Crippen LogP contribution >= 0.6 is 11.3 Å². The van der Waals surface area contributed by atoms with E-state index >= 15 is 0 Å². The van der Waals surface area contributed by atoms with E-state index in [4.69, 9.17) is 5.21 Å². The maximum Gasteiger partial charge on any atom is 0.284 e. The van der Waals surface area contributed by atoms with Crippen LogP contribution in [0.15, 0.2) is 6.07 Å². The Kier molecular flexibility index (Phi) is 4.79. The Morgan fingerprint density at radius 1 is 1.55 bits per heavy atom. The van der Waals surface area contributed by atoms with Crippen LogP contribution in [0.1, 0.15) is 39.9 Å². The normalized spacial score (nSPS) is 15.9. The zero-order valence-electron chi connectivity index (χ0n) is 11.3. The van der Waals surface area contributed by atoms with E-state index in [9.17, 15) is 13.2 Å². The SMILES string of the molecule is CCCCS(=O)(=O)N1CCc2cc(C(=O)NO)sc2C1. The summed E-state index contributed by atoms with van der Waals surface area (Å²) < 4.78 is 25.8. The zero-order valence-corrected chi connectivity index (χ0v) is 12.9. The van der Waals surface area contributed by atoms with E-state index in [2.05, 4.69) is 0 Å². The summed E-state index contributed by atoms with van der Waals surface area (Å²) in [6, 6.07) is 1.72. The summed E-state index contributed by atoms with van der Waals surface area (Å²) in [5.41, 5.74) is 2.60. The molecular weight excluding hydrogens is 300 g/mol. The van der Waals surface area contributed by atoms with Crippen LogP contribution in [0.4, 0.5) is 0 Å². The highest BCUT2D eigenvalue weighted by Gasteiger charge is 2.28. The van der Waals surface area contributed by atoms with Gasteiger partial charge in [-0.2, -0.15) is 4.31 Å². The lowest BCUT2D eigenvalue weighted by atomic mass is 10.1. The molecule has 2 N–H and O–H groups in total. The molecule has 1 aromatic heterocycles. The van der Waals surface area contributed by atoms with E-state index in [0.29, 0.717) is 30.8 Å². The molecule has 2 heterocycles. The minimum absolute atomic E-state index is 0.175. The van der Waals surface area contributed by atoms with Crippen molar-refractivity contribution < 1.29 is 18.4 Å². The number of carbonyl (C=O) groups excluding carboxylic acids is 1. The molecule has 2 rings (SSSR count). The molecule has 0 fully saturated rings. The lowest BCUT2D eigenvalue weighted by Gasteiger charge is -2.26. The molecule has 0 saturated carbocycles. The van der Waals surface area contributed by atoms with Gasteiger partial charge in [-0.1, -0.05) is 13.3 Å². The van der Waals surface area contributed by atoms with Crippen LogP contribution in [-0.2, 0) is 23.0 Å². The topological polar surface area (TPSA) is 86.7 Å². The summed E-state index contributed by atoms with van der Waals surface area (Å²) in [4.78, 5) is 12.7. The molecule has 0 bridgehead atoms. The van der Waals surface area contributed by atoms with E-state index < -0.39 is 15.9 Å². The predicted molar refractivity (Wildman–Crippen MR) is 76.4 cm³/mol. The number of hydrogen-bond acceptors (Lipinski definition) is 5. The highest BCUT2D eigenvalue weighted by atomic mass is 32.2. The van der Waals surface area contributed by atoms with Gasteiger partial charge in [-0.25, -0.2) is 13.9 Å². The third kappa shape index (κ3) is 3.20. The van der Waals surface area contributed by atoms with Gasteiger partial charge < -0.3 is 0 Å². The van der Waals surface area contributed by atoms with Gasteiger partial charge in [0.1, 0.15) is 0 Å². The Bertz CT molecular complexity index is 595. The first-order valence-electron chi connectivity index (χ1n) is 6.51. The fraction of sp³-hybridized carbons (Fsp3) is 0.583. The molecule has 1 amide bonds. The second kappa shape index (κ2) is 6.21. The first-order valence-corrected chi connectivity index (χ1v) is 8.94. The predicted octanol–water partition coefficient (Wildman–Crippen LogP) is 1.36. The molecule has 0 saturated heterocycles. The number of nitrogens with zero attached hydrogens (tertiary/aromatic N) is 1. The van der Waals surface area contributed by atoms with Crippen molar-refractivity contribution in [1.82, 2.24) is 9.79 Å². The van der Waals surface area contributed by atoms with Gasteiger partial charge >= 0.3 is 0 Å². The van der Waals surface area contributed by atoms with Crippen LogP contribution < -0.4 is 5.48 Å². The number of rotatable bonds is 5. The number of hydroxylamine groups is 1. The van der Waals surface area contributed by atoms with E-state index in [-0.39, 0.29) is 5.75 Å². The van der Waals surface area contributed by atoms with Crippen molar-refractivity contribution in [2.45, 2.75) is 32.7 Å². The first-order chi connectivity index (χ1) is 9.47. The summed E-state index contributed by atoms with van der Waals surface area (Å²) in [6.07, 6.45) is 2.11. The lowest BCUT2D eigenvalue weighted by molar-refractivity contribution is 0.0711. The van der Waals surface area contributed by atoms with Crippen molar-refractivity contribution in [2.75, 3.05) is 12.3 Å². The molecule has 112 valence electrons. The molecule has 6 nitrogen and oxygen atoms in total. The van der Waals surface area contributed by atoms with E-state index in [1.165, 1.54) is 15.6 Å². The van der Waals surface area contributed by atoms with Gasteiger partial charge in [0.2, 0.25) is 10.0 Å². The van der Waals surface area contributed by atoms with E-state index in [1.807, 2.05) is 6.92 Å². The Hall–Kier alpha value is -0.960. The van der Waals surface area contributed by atoms with Gasteiger partial charge in [-0.15, -0.1) is 11.3 Å². The monoisotopic (exact) mass is 318 g/mol. The summed E-state index contributed by atoms with van der Waals surface area (Å²) in [5, 5.41) is 8.63. The highest BCUT2D eigenvalue weighted by molar-refractivity contribution is 7.89. The largest absolute Gasteiger partial charge is 0.288 e. The average Bonchev–Trinajstić information content (AvgIpc) is 2.87. The van der Waals surface area contributed by atoms with Gasteiger partial charge in [0.05, 0.1) is 10.6 Å². The average molecular weight is 318 g/mol. The van der Waals surface area contributed by atoms with Crippen LogP contribution in [0.5, 0.6) is 0 Å². The summed E-state index contributed by atoms with van der Waals surface area (Å²) in [6.45, 7) is 2.74. The van der Waals surface area contributed by atoms with Crippen LogP contribution in [0.3, 0.4) is 0 Å². The summed E-state index contributed by atoms with van der Waals surface area (Å²) in [7, 11) is -3.21. The van der Waals surface area contributed by atoms with Crippen LogP contribution in [0, 0.1) is 0 Å². The van der Waals surface area contributed by atoms with Gasteiger partial charge in [-0.05, 0) is 24.5 Å². The van der Waals surface area contributed by atoms with Crippen molar-refractivity contribution in [2.24, 2.45) is 0 Å². The molecule has 1 aliphatic rings. The molecule has 8 heteroatoms. The minimum atomic E-state index is -3.21. The van der Waals surface area contributed by atoms with Crippen LogP contribution in [-0.4, -0.2) is 36.1 Å². The van der Waals surface area contributed by atoms with Crippen LogP contribution in [0.2, 0.25) is 0 Å². The molecule has 1 aliphatic heterocycles. The second-order valence-electron chi connectivity index (χ2n) is 4.75. The number of nitrogens with one attached hydrogen (secondary N) is 1. The minimum Gasteiger partial charge on any atom is -0.288 e. The molecule has 0 spiro atoms. The standard InChI is InChI=1S/C12H18N2O4S2/c1-2-3-6-20(17,18)14-5-4-9-7-10(12(15)13-16)19-11(9)8-14/h7,16H,2-6,8H2,1H3,(H,13,15). The van der Waals surface area contributed by atoms with Crippen molar-refractivity contribution >= 4 is 27.3 Å². The molecular formula is C12H18N2O4S2. The maximum atomic E-state index is 12.2. The summed E-state index contributed by atoms with van der Waals surface area (Å²) in [5.74, 6) is -0.376. The Labute approximate surface area is 122 Å². The second-order valence-corrected chi connectivity index (χ2v) is 7.98. The molecule has 0 aliphatic carbocycles. The molecule has 0 radical (unpaired) electrons. The first kappa shape index (κ1) is 15.4. The molecule has 0 atom stereocenters. The molecule has 20 heavy (non-hydrogen) atoms. The van der Waals surface area contributed by atoms with Gasteiger partial charge in [-0.3, -0.25) is 10.0 Å². The number of amides is 1. The van der Waals surface area contributed by atoms with Gasteiger partial charge in [0.15, 0.2) is 0 Å². The quantitative estimate of drug-likeness (QED) is 0.634. The smallest absolute Gasteiger partial charge is 0.284 e. The number of thiophene rings is 1. The Morgan fingerprint density at radius 2 is 2.30 bits per heavy atom. The maximum absolute atomic E-state index is 12.2. The fourth-order valence-corrected chi connectivity index (χ4v) is 4.96. The highest BCUT2D eigenvalue weighted by Crippen LogP contribution is 2.29. The number of sulfonamides is 1. The van der Waals surface area contributed by atoms with Crippen molar-refractivity contribution in [3.8, 4) is 0 Å². The number of carbonyl (C=O) groups is 1. The lowest BCUT2D eigenvalue weighted by Crippen LogP contribution is -2.36. The number of fused-ring (bicyclic) bond motifs is 1. The molecule has 0 unspecified atom stereocenters. The number of hydrogen-bond donors (Lipinski definition) is 2. The van der Waals surface area contributed by atoms with Crippen LogP contribution in [0.25, 0.3) is 0 Å². The van der Waals surface area contributed by atoms with Crippen molar-refractivity contribution in [1.29, 1.82) is 0 Å². The van der Waals surface area contributed by atoms with Crippen molar-refractivity contribution in [3.63, 3.8) is 0 Å². The zero-order chi connectivity index (χ0) is 14.8. The van der Waals surface area contributed by atoms with Crippen molar-refractivity contribution in [3.05, 3.63) is 21.4 Å². The van der Waals surface area contributed by atoms with Gasteiger partial charge in [0.25, 0.3) is 5.91 Å². The summed E-state index contributed by atoms with van der Waals surface area (Å²) >= 11 is 1.23. The third-order valence-corrected chi connectivity index (χ3v) is 6.39. The molecule has 0 aromatic carbocycles. The fourth-order valence-electron chi connectivity index (χ4n) is 2.16. The van der Waals surface area contributed by atoms with Gasteiger partial charge in [0, 0.05) is 18.0 Å².